The molecule has 0 atom stereocenters. The van der Waals surface area contributed by atoms with Crippen molar-refractivity contribution in [2.75, 3.05) is 20.3 Å². The van der Waals surface area contributed by atoms with E-state index in [9.17, 15) is 9.59 Å². The second kappa shape index (κ2) is 10.8. The lowest BCUT2D eigenvalue weighted by Crippen LogP contribution is -2.42. The Labute approximate surface area is 165 Å². The molecule has 2 amide bonds. The number of amides is 2. The first-order valence-corrected chi connectivity index (χ1v) is 9.13. The van der Waals surface area contributed by atoms with Crippen molar-refractivity contribution < 1.29 is 23.8 Å². The van der Waals surface area contributed by atoms with Crippen LogP contribution in [0.3, 0.4) is 0 Å². The van der Waals surface area contributed by atoms with E-state index in [4.69, 9.17) is 14.2 Å². The lowest BCUT2D eigenvalue weighted by molar-refractivity contribution is -0.122. The molecule has 0 radical (unpaired) electrons. The van der Waals surface area contributed by atoms with Crippen LogP contribution in [0.5, 0.6) is 17.2 Å². The standard InChI is InChI=1S/C21H26N2O5/c1-4-12-28-18-10-7-16(14-19(18)26-3)21(25)23-22-20(24)11-13-27-17-8-5-15(2)6-9-17/h5-10,14H,4,11-13H2,1-3H3,(H,22,24)(H,23,25). The lowest BCUT2D eigenvalue weighted by atomic mass is 10.2. The van der Waals surface area contributed by atoms with Gasteiger partial charge in [0, 0.05) is 5.56 Å². The molecule has 0 unspecified atom stereocenters. The Kier molecular flexibility index (Phi) is 8.14. The Hall–Kier alpha value is -3.22. The summed E-state index contributed by atoms with van der Waals surface area (Å²) in [5.41, 5.74) is 6.23. The summed E-state index contributed by atoms with van der Waals surface area (Å²) >= 11 is 0. The fourth-order valence-electron chi connectivity index (χ4n) is 2.30. The molecule has 0 aliphatic rings. The van der Waals surface area contributed by atoms with Crippen molar-refractivity contribution in [3.8, 4) is 17.2 Å². The van der Waals surface area contributed by atoms with Gasteiger partial charge in [0.2, 0.25) is 5.91 Å². The average molecular weight is 386 g/mol. The third-order valence-electron chi connectivity index (χ3n) is 3.82. The van der Waals surface area contributed by atoms with E-state index in [0.29, 0.717) is 29.4 Å². The van der Waals surface area contributed by atoms with Gasteiger partial charge in [-0.05, 0) is 43.7 Å². The number of hydrogen-bond donors (Lipinski definition) is 2. The number of hydrogen-bond acceptors (Lipinski definition) is 5. The van der Waals surface area contributed by atoms with Crippen LogP contribution in [-0.4, -0.2) is 32.1 Å². The molecule has 0 aromatic heterocycles. The number of benzene rings is 2. The predicted molar refractivity (Wildman–Crippen MR) is 106 cm³/mol. The summed E-state index contributed by atoms with van der Waals surface area (Å²) in [6, 6.07) is 12.4. The summed E-state index contributed by atoms with van der Waals surface area (Å²) in [7, 11) is 1.51. The van der Waals surface area contributed by atoms with Crippen molar-refractivity contribution in [1.82, 2.24) is 10.9 Å². The number of ether oxygens (including phenoxy) is 3. The minimum Gasteiger partial charge on any atom is -0.493 e. The number of carbonyl (C=O) groups excluding carboxylic acids is 2. The maximum absolute atomic E-state index is 12.2. The number of aryl methyl sites for hydroxylation is 1. The summed E-state index contributed by atoms with van der Waals surface area (Å²) < 4.78 is 16.3. The van der Waals surface area contributed by atoms with E-state index in [0.717, 1.165) is 12.0 Å². The van der Waals surface area contributed by atoms with Gasteiger partial charge in [0.15, 0.2) is 11.5 Å². The summed E-state index contributed by atoms with van der Waals surface area (Å²) in [5.74, 6) is 0.917. The molecule has 2 N–H and O–H groups in total. The first-order valence-electron chi connectivity index (χ1n) is 9.13. The molecule has 150 valence electrons. The number of methoxy groups -OCH3 is 1. The van der Waals surface area contributed by atoms with Gasteiger partial charge in [0.05, 0.1) is 26.7 Å². The van der Waals surface area contributed by atoms with Gasteiger partial charge in [0.25, 0.3) is 5.91 Å². The molecule has 2 aromatic carbocycles. The molecule has 0 saturated heterocycles. The molecule has 28 heavy (non-hydrogen) atoms. The zero-order chi connectivity index (χ0) is 20.4. The molecule has 0 bridgehead atoms. The minimum atomic E-state index is -0.451. The van der Waals surface area contributed by atoms with Gasteiger partial charge in [0.1, 0.15) is 5.75 Å². The highest BCUT2D eigenvalue weighted by Gasteiger charge is 2.12. The molecular weight excluding hydrogens is 360 g/mol. The van der Waals surface area contributed by atoms with Crippen LogP contribution in [0.25, 0.3) is 0 Å². The van der Waals surface area contributed by atoms with Crippen LogP contribution in [0.2, 0.25) is 0 Å². The normalized spacial score (nSPS) is 10.1. The van der Waals surface area contributed by atoms with Gasteiger partial charge in [-0.25, -0.2) is 0 Å². The van der Waals surface area contributed by atoms with Gasteiger partial charge < -0.3 is 14.2 Å². The van der Waals surface area contributed by atoms with E-state index >= 15 is 0 Å². The highest BCUT2D eigenvalue weighted by Crippen LogP contribution is 2.28. The molecule has 0 aliphatic carbocycles. The van der Waals surface area contributed by atoms with Crippen molar-refractivity contribution in [1.29, 1.82) is 0 Å². The quantitative estimate of drug-likeness (QED) is 0.647. The smallest absolute Gasteiger partial charge is 0.269 e. The molecule has 2 rings (SSSR count). The van der Waals surface area contributed by atoms with Gasteiger partial charge >= 0.3 is 0 Å². The van der Waals surface area contributed by atoms with E-state index in [-0.39, 0.29) is 18.9 Å². The summed E-state index contributed by atoms with van der Waals surface area (Å²) in [5, 5.41) is 0. The van der Waals surface area contributed by atoms with Crippen LogP contribution in [-0.2, 0) is 4.79 Å². The number of carbonyl (C=O) groups is 2. The fraction of sp³-hybridized carbons (Fsp3) is 0.333. The topological polar surface area (TPSA) is 85.9 Å². The molecule has 0 spiro atoms. The highest BCUT2D eigenvalue weighted by atomic mass is 16.5. The SMILES string of the molecule is CCCOc1ccc(C(=O)NNC(=O)CCOc2ccc(C)cc2)cc1OC. The largest absolute Gasteiger partial charge is 0.493 e. The third kappa shape index (κ3) is 6.50. The van der Waals surface area contributed by atoms with Gasteiger partial charge in [-0.3, -0.25) is 20.4 Å². The van der Waals surface area contributed by atoms with E-state index in [1.165, 1.54) is 7.11 Å². The van der Waals surface area contributed by atoms with Crippen LogP contribution >= 0.6 is 0 Å². The molecular formula is C21H26N2O5. The van der Waals surface area contributed by atoms with E-state index < -0.39 is 5.91 Å². The van der Waals surface area contributed by atoms with Gasteiger partial charge in [-0.2, -0.15) is 0 Å². The van der Waals surface area contributed by atoms with Crippen molar-refractivity contribution in [2.24, 2.45) is 0 Å². The van der Waals surface area contributed by atoms with Crippen molar-refractivity contribution in [3.63, 3.8) is 0 Å². The zero-order valence-electron chi connectivity index (χ0n) is 16.4. The number of nitrogens with one attached hydrogen (secondary N) is 2. The Morgan fingerprint density at radius 3 is 2.36 bits per heavy atom. The summed E-state index contributed by atoms with van der Waals surface area (Å²) in [6.45, 7) is 4.76. The number of hydrazine groups is 1. The highest BCUT2D eigenvalue weighted by molar-refractivity contribution is 5.96. The predicted octanol–water partition coefficient (Wildman–Crippen LogP) is 3.02. The Morgan fingerprint density at radius 1 is 0.929 bits per heavy atom. The maximum atomic E-state index is 12.2. The summed E-state index contributed by atoms with van der Waals surface area (Å²) in [6.07, 6.45) is 0.978. The molecule has 0 aliphatic heterocycles. The van der Waals surface area contributed by atoms with Crippen LogP contribution in [0, 0.1) is 6.92 Å². The average Bonchev–Trinajstić information content (AvgIpc) is 2.71. The molecule has 7 heteroatoms. The van der Waals surface area contributed by atoms with Crippen molar-refractivity contribution in [3.05, 3.63) is 53.6 Å². The second-order valence-corrected chi connectivity index (χ2v) is 6.13. The molecule has 0 heterocycles. The Morgan fingerprint density at radius 2 is 1.68 bits per heavy atom. The number of rotatable bonds is 9. The molecule has 0 saturated carbocycles. The van der Waals surface area contributed by atoms with Gasteiger partial charge in [-0.15, -0.1) is 0 Å². The van der Waals surface area contributed by atoms with Crippen molar-refractivity contribution in [2.45, 2.75) is 26.7 Å². The fourth-order valence-corrected chi connectivity index (χ4v) is 2.30. The third-order valence-corrected chi connectivity index (χ3v) is 3.82. The second-order valence-electron chi connectivity index (χ2n) is 6.13. The van der Waals surface area contributed by atoms with E-state index in [1.807, 2.05) is 38.1 Å². The first kappa shape index (κ1) is 21.1. The minimum absolute atomic E-state index is 0.112. The van der Waals surface area contributed by atoms with Crippen LogP contribution in [0.4, 0.5) is 0 Å². The maximum Gasteiger partial charge on any atom is 0.269 e. The van der Waals surface area contributed by atoms with E-state index in [2.05, 4.69) is 10.9 Å². The molecule has 2 aromatic rings. The first-order chi connectivity index (χ1) is 13.5. The monoisotopic (exact) mass is 386 g/mol. The van der Waals surface area contributed by atoms with Crippen LogP contribution < -0.4 is 25.1 Å². The van der Waals surface area contributed by atoms with E-state index in [1.54, 1.807) is 18.2 Å². The lowest BCUT2D eigenvalue weighted by Gasteiger charge is -2.12. The zero-order valence-corrected chi connectivity index (χ0v) is 16.4. The van der Waals surface area contributed by atoms with Gasteiger partial charge in [-0.1, -0.05) is 24.6 Å². The summed E-state index contributed by atoms with van der Waals surface area (Å²) in [4.78, 5) is 24.1. The molecule has 0 fully saturated rings. The molecule has 7 nitrogen and oxygen atoms in total. The van der Waals surface area contributed by atoms with Crippen LogP contribution in [0.1, 0.15) is 35.7 Å². The Balaban J connectivity index is 1.79. The Bertz CT molecular complexity index is 790. The van der Waals surface area contributed by atoms with Crippen LogP contribution in [0.15, 0.2) is 42.5 Å². The van der Waals surface area contributed by atoms with Crippen molar-refractivity contribution >= 4 is 11.8 Å².